The molecule has 0 aliphatic heterocycles. The van der Waals surface area contributed by atoms with Gasteiger partial charge >= 0.3 is 0 Å². The summed E-state index contributed by atoms with van der Waals surface area (Å²) in [6.45, 7) is 0. The van der Waals surface area contributed by atoms with Crippen LogP contribution in [0.1, 0.15) is 10.4 Å². The zero-order valence-electron chi connectivity index (χ0n) is 10.1. The summed E-state index contributed by atoms with van der Waals surface area (Å²) in [6.07, 6.45) is 0. The molecule has 2 nitrogen and oxygen atoms in total. The molecule has 0 heterocycles. The van der Waals surface area contributed by atoms with Crippen molar-refractivity contribution in [2.75, 3.05) is 5.75 Å². The molecule has 0 amide bonds. The van der Waals surface area contributed by atoms with Crippen LogP contribution in [0.2, 0.25) is 15.1 Å². The van der Waals surface area contributed by atoms with Crippen molar-refractivity contribution in [3.63, 3.8) is 0 Å². The summed E-state index contributed by atoms with van der Waals surface area (Å²) in [5.74, 6) is -0.492. The van der Waals surface area contributed by atoms with E-state index in [4.69, 9.17) is 34.8 Å². The number of halogens is 3. The number of hydrogen-bond acceptors (Lipinski definition) is 2. The molecule has 20 heavy (non-hydrogen) atoms. The Balaban J connectivity index is 2.22. The number of carbonyl (C=O) groups excluding carboxylic acids is 1. The highest BCUT2D eigenvalue weighted by Crippen LogP contribution is 2.25. The second kappa shape index (κ2) is 6.72. The molecule has 0 radical (unpaired) electrons. The molecule has 2 aromatic rings. The first-order valence-corrected chi connectivity index (χ1v) is 8.05. The van der Waals surface area contributed by atoms with Crippen LogP contribution in [0.5, 0.6) is 0 Å². The van der Waals surface area contributed by atoms with Crippen molar-refractivity contribution in [1.29, 1.82) is 0 Å². The Morgan fingerprint density at radius 3 is 2.40 bits per heavy atom. The molecule has 2 aromatic carbocycles. The van der Waals surface area contributed by atoms with E-state index in [1.54, 1.807) is 36.4 Å². The fourth-order valence-electron chi connectivity index (χ4n) is 1.61. The Morgan fingerprint density at radius 2 is 1.70 bits per heavy atom. The topological polar surface area (TPSA) is 34.1 Å². The van der Waals surface area contributed by atoms with Gasteiger partial charge in [0.05, 0.1) is 31.5 Å². The molecule has 0 aliphatic carbocycles. The summed E-state index contributed by atoms with van der Waals surface area (Å²) in [7, 11) is -1.57. The number of rotatable bonds is 4. The summed E-state index contributed by atoms with van der Waals surface area (Å²) in [5, 5.41) is 1.08. The van der Waals surface area contributed by atoms with E-state index in [1.165, 1.54) is 6.07 Å². The van der Waals surface area contributed by atoms with Crippen molar-refractivity contribution in [3.8, 4) is 0 Å². The van der Waals surface area contributed by atoms with Gasteiger partial charge in [-0.1, -0.05) is 46.9 Å². The van der Waals surface area contributed by atoms with Gasteiger partial charge in [0.25, 0.3) is 0 Å². The van der Waals surface area contributed by atoms with Crippen molar-refractivity contribution in [2.45, 2.75) is 4.90 Å². The predicted octanol–water partition coefficient (Wildman–Crippen LogP) is 4.64. The van der Waals surface area contributed by atoms with E-state index in [9.17, 15) is 9.00 Å². The molecule has 0 bridgehead atoms. The first-order valence-electron chi connectivity index (χ1n) is 5.60. The first kappa shape index (κ1) is 15.5. The largest absolute Gasteiger partial charge is 0.293 e. The Morgan fingerprint density at radius 1 is 1.00 bits per heavy atom. The Hall–Kier alpha value is -0.870. The summed E-state index contributed by atoms with van der Waals surface area (Å²) in [4.78, 5) is 12.4. The van der Waals surface area contributed by atoms with Gasteiger partial charge in [0, 0.05) is 10.6 Å². The fraction of sp³-hybridized carbons (Fsp3) is 0.0714. The molecule has 6 heteroatoms. The second-order valence-electron chi connectivity index (χ2n) is 3.97. The van der Waals surface area contributed by atoms with Crippen LogP contribution in [0, 0.1) is 0 Å². The normalized spacial score (nSPS) is 12.2. The van der Waals surface area contributed by atoms with Crippen LogP contribution in [0.4, 0.5) is 0 Å². The van der Waals surface area contributed by atoms with E-state index >= 15 is 0 Å². The second-order valence-corrected chi connectivity index (χ2v) is 6.64. The lowest BCUT2D eigenvalue weighted by atomic mass is 10.1. The summed E-state index contributed by atoms with van der Waals surface area (Å²) < 4.78 is 12.2. The molecule has 0 saturated carbocycles. The third-order valence-electron chi connectivity index (χ3n) is 2.57. The Kier molecular flexibility index (Phi) is 5.22. The lowest BCUT2D eigenvalue weighted by Gasteiger charge is -2.06. The van der Waals surface area contributed by atoms with Crippen molar-refractivity contribution in [3.05, 3.63) is 63.1 Å². The lowest BCUT2D eigenvalue weighted by Crippen LogP contribution is -2.12. The predicted molar refractivity (Wildman–Crippen MR) is 83.5 cm³/mol. The summed E-state index contributed by atoms with van der Waals surface area (Å²) in [5.41, 5.74) is 0.348. The maximum atomic E-state index is 12.2. The number of hydrogen-bond donors (Lipinski definition) is 0. The van der Waals surface area contributed by atoms with Crippen molar-refractivity contribution >= 4 is 51.4 Å². The molecule has 1 atom stereocenters. The van der Waals surface area contributed by atoms with Gasteiger partial charge < -0.3 is 0 Å². The third-order valence-corrected chi connectivity index (χ3v) is 4.93. The maximum absolute atomic E-state index is 12.2. The highest BCUT2D eigenvalue weighted by molar-refractivity contribution is 7.86. The Bertz CT molecular complexity index is 686. The van der Waals surface area contributed by atoms with Crippen molar-refractivity contribution < 1.29 is 9.00 Å². The zero-order valence-corrected chi connectivity index (χ0v) is 13.2. The number of benzene rings is 2. The van der Waals surface area contributed by atoms with E-state index in [1.807, 2.05) is 0 Å². The average Bonchev–Trinajstić information content (AvgIpc) is 2.41. The molecule has 0 N–H and O–H groups in total. The molecule has 0 spiro atoms. The van der Waals surface area contributed by atoms with E-state index in [0.29, 0.717) is 25.5 Å². The number of Topliss-reactive ketones (excluding diaryl/α,β-unsaturated/α-hetero) is 1. The summed E-state index contributed by atoms with van der Waals surface area (Å²) >= 11 is 17.7. The van der Waals surface area contributed by atoms with Crippen LogP contribution in [-0.2, 0) is 10.8 Å². The van der Waals surface area contributed by atoms with E-state index in [0.717, 1.165) is 0 Å². The molecule has 0 saturated heterocycles. The minimum Gasteiger partial charge on any atom is -0.293 e. The van der Waals surface area contributed by atoms with E-state index in [-0.39, 0.29) is 11.5 Å². The van der Waals surface area contributed by atoms with E-state index in [2.05, 4.69) is 0 Å². The standard InChI is InChI=1S/C14H9Cl3O2S/c15-9-5-6-12(17)14(7-9)20(19)8-13(18)10-3-1-2-4-11(10)16/h1-7H,8H2. The van der Waals surface area contributed by atoms with Gasteiger partial charge in [-0.05, 0) is 30.3 Å². The monoisotopic (exact) mass is 346 g/mol. The lowest BCUT2D eigenvalue weighted by molar-refractivity contribution is 0.102. The van der Waals surface area contributed by atoms with Crippen LogP contribution in [0.3, 0.4) is 0 Å². The highest BCUT2D eigenvalue weighted by atomic mass is 35.5. The SMILES string of the molecule is O=C(CS(=O)c1cc(Cl)ccc1Cl)c1ccccc1Cl. The molecule has 0 aliphatic rings. The van der Waals surface area contributed by atoms with Gasteiger partial charge in [-0.25, -0.2) is 0 Å². The highest BCUT2D eigenvalue weighted by Gasteiger charge is 2.17. The van der Waals surface area contributed by atoms with Crippen LogP contribution in [-0.4, -0.2) is 15.7 Å². The third kappa shape index (κ3) is 3.61. The van der Waals surface area contributed by atoms with Crippen LogP contribution >= 0.6 is 34.8 Å². The maximum Gasteiger partial charge on any atom is 0.177 e. The average molecular weight is 348 g/mol. The van der Waals surface area contributed by atoms with Gasteiger partial charge in [0.15, 0.2) is 5.78 Å². The summed E-state index contributed by atoms with van der Waals surface area (Å²) in [6, 6.07) is 11.3. The van der Waals surface area contributed by atoms with Gasteiger partial charge in [-0.2, -0.15) is 0 Å². The van der Waals surface area contributed by atoms with E-state index < -0.39 is 10.8 Å². The smallest absolute Gasteiger partial charge is 0.177 e. The zero-order chi connectivity index (χ0) is 14.7. The van der Waals surface area contributed by atoms with Crippen LogP contribution in [0.15, 0.2) is 47.4 Å². The first-order chi connectivity index (χ1) is 9.49. The van der Waals surface area contributed by atoms with Gasteiger partial charge in [0.2, 0.25) is 0 Å². The van der Waals surface area contributed by atoms with Gasteiger partial charge in [-0.15, -0.1) is 0 Å². The molecular formula is C14H9Cl3O2S. The number of carbonyl (C=O) groups is 1. The van der Waals surface area contributed by atoms with Crippen LogP contribution < -0.4 is 0 Å². The van der Waals surface area contributed by atoms with Crippen molar-refractivity contribution in [2.24, 2.45) is 0 Å². The van der Waals surface area contributed by atoms with Gasteiger partial charge in [-0.3, -0.25) is 9.00 Å². The Labute approximate surface area is 134 Å². The minimum absolute atomic E-state index is 0.191. The molecule has 104 valence electrons. The fourth-order valence-corrected chi connectivity index (χ4v) is 3.56. The quantitative estimate of drug-likeness (QED) is 0.755. The molecule has 0 fully saturated rings. The molecule has 1 unspecified atom stereocenters. The van der Waals surface area contributed by atoms with Gasteiger partial charge in [0.1, 0.15) is 0 Å². The molecular weight excluding hydrogens is 339 g/mol. The molecule has 2 rings (SSSR count). The molecule has 0 aromatic heterocycles. The minimum atomic E-state index is -1.57. The van der Waals surface area contributed by atoms with Crippen LogP contribution in [0.25, 0.3) is 0 Å². The van der Waals surface area contributed by atoms with Crippen molar-refractivity contribution in [1.82, 2.24) is 0 Å². The number of ketones is 1.